The van der Waals surface area contributed by atoms with Crippen LogP contribution in [0.4, 0.5) is 14.5 Å². The van der Waals surface area contributed by atoms with Crippen LogP contribution in [0.2, 0.25) is 0 Å². The first-order chi connectivity index (χ1) is 9.83. The Morgan fingerprint density at radius 2 is 1.67 bits per heavy atom. The zero-order valence-electron chi connectivity index (χ0n) is 12.4. The number of nitrogens with one attached hydrogen (secondary N) is 1. The third-order valence-electron chi connectivity index (χ3n) is 2.76. The van der Waals surface area contributed by atoms with Gasteiger partial charge in [-0.25, -0.2) is 8.78 Å². The molecule has 2 aromatic rings. The average molecular weight is 291 g/mol. The lowest BCUT2D eigenvalue weighted by atomic mass is 10.1. The van der Waals surface area contributed by atoms with Crippen molar-refractivity contribution in [1.82, 2.24) is 0 Å². The van der Waals surface area contributed by atoms with Gasteiger partial charge in [0, 0.05) is 12.6 Å². The van der Waals surface area contributed by atoms with E-state index in [-0.39, 0.29) is 11.3 Å². The predicted octanol–water partition coefficient (Wildman–Crippen LogP) is 4.75. The van der Waals surface area contributed by atoms with E-state index in [1.54, 1.807) is 0 Å². The van der Waals surface area contributed by atoms with Gasteiger partial charge in [-0.2, -0.15) is 0 Å². The van der Waals surface area contributed by atoms with Crippen molar-refractivity contribution in [3.05, 3.63) is 59.7 Å². The van der Waals surface area contributed by atoms with Crippen LogP contribution in [0.25, 0.3) is 0 Å². The minimum atomic E-state index is -0.595. The molecule has 0 aliphatic carbocycles. The fourth-order valence-electron chi connectivity index (χ4n) is 1.86. The molecule has 4 heteroatoms. The highest BCUT2D eigenvalue weighted by molar-refractivity contribution is 5.45. The number of rotatable bonds is 4. The standard InChI is InChI=1S/C17H19F2NO/c1-17(2,3)21-14-7-4-12(5-8-14)11-20-16-9-6-13(18)10-15(16)19/h4-10,20H,11H2,1-3H3. The van der Waals surface area contributed by atoms with E-state index in [9.17, 15) is 8.78 Å². The third kappa shape index (κ3) is 4.74. The molecule has 1 N–H and O–H groups in total. The average Bonchev–Trinajstić information content (AvgIpc) is 2.38. The Kier molecular flexibility index (Phi) is 4.46. The summed E-state index contributed by atoms with van der Waals surface area (Å²) in [5.41, 5.74) is 1.03. The lowest BCUT2D eigenvalue weighted by Gasteiger charge is -2.21. The van der Waals surface area contributed by atoms with Crippen LogP contribution in [0.5, 0.6) is 5.75 Å². The molecule has 0 radical (unpaired) electrons. The molecule has 2 nitrogen and oxygen atoms in total. The SMILES string of the molecule is CC(C)(C)Oc1ccc(CNc2ccc(F)cc2F)cc1. The van der Waals surface area contributed by atoms with E-state index >= 15 is 0 Å². The van der Waals surface area contributed by atoms with Crippen LogP contribution in [-0.2, 0) is 6.54 Å². The smallest absolute Gasteiger partial charge is 0.149 e. The molecular formula is C17H19F2NO. The van der Waals surface area contributed by atoms with Crippen LogP contribution in [0.15, 0.2) is 42.5 Å². The minimum absolute atomic E-state index is 0.239. The van der Waals surface area contributed by atoms with E-state index in [0.29, 0.717) is 6.54 Å². The van der Waals surface area contributed by atoms with Crippen molar-refractivity contribution >= 4 is 5.69 Å². The molecule has 21 heavy (non-hydrogen) atoms. The van der Waals surface area contributed by atoms with E-state index < -0.39 is 11.6 Å². The predicted molar refractivity (Wildman–Crippen MR) is 80.5 cm³/mol. The van der Waals surface area contributed by atoms with Gasteiger partial charge < -0.3 is 10.1 Å². The maximum Gasteiger partial charge on any atom is 0.149 e. The topological polar surface area (TPSA) is 21.3 Å². The Labute approximate surface area is 123 Å². The van der Waals surface area contributed by atoms with E-state index in [1.807, 2.05) is 45.0 Å². The lowest BCUT2D eigenvalue weighted by Crippen LogP contribution is -2.22. The van der Waals surface area contributed by atoms with Gasteiger partial charge in [0.25, 0.3) is 0 Å². The normalized spacial score (nSPS) is 11.3. The fraction of sp³-hybridized carbons (Fsp3) is 0.294. The molecule has 0 bridgehead atoms. The summed E-state index contributed by atoms with van der Waals surface area (Å²) in [5.74, 6) is -0.386. The zero-order valence-corrected chi connectivity index (χ0v) is 12.4. The van der Waals surface area contributed by atoms with E-state index in [2.05, 4.69) is 5.32 Å². The Balaban J connectivity index is 1.97. The lowest BCUT2D eigenvalue weighted by molar-refractivity contribution is 0.131. The van der Waals surface area contributed by atoms with Crippen molar-refractivity contribution < 1.29 is 13.5 Å². The van der Waals surface area contributed by atoms with Crippen molar-refractivity contribution in [2.75, 3.05) is 5.32 Å². The van der Waals surface area contributed by atoms with E-state index in [1.165, 1.54) is 12.1 Å². The summed E-state index contributed by atoms with van der Waals surface area (Å²) < 4.78 is 32.0. The van der Waals surface area contributed by atoms with Crippen LogP contribution in [-0.4, -0.2) is 5.60 Å². The van der Waals surface area contributed by atoms with Gasteiger partial charge in [-0.1, -0.05) is 12.1 Å². The number of benzene rings is 2. The minimum Gasteiger partial charge on any atom is -0.488 e. The third-order valence-corrected chi connectivity index (χ3v) is 2.76. The van der Waals surface area contributed by atoms with Crippen LogP contribution >= 0.6 is 0 Å². The van der Waals surface area contributed by atoms with Gasteiger partial charge in [0.1, 0.15) is 23.0 Å². The molecule has 0 saturated carbocycles. The maximum absolute atomic E-state index is 13.5. The second-order valence-corrected chi connectivity index (χ2v) is 5.84. The van der Waals surface area contributed by atoms with Gasteiger partial charge in [-0.3, -0.25) is 0 Å². The number of halogens is 2. The van der Waals surface area contributed by atoms with Gasteiger partial charge in [0.05, 0.1) is 5.69 Å². The van der Waals surface area contributed by atoms with Crippen molar-refractivity contribution in [2.24, 2.45) is 0 Å². The number of hydrogen-bond donors (Lipinski definition) is 1. The molecule has 0 aromatic heterocycles. The molecule has 0 amide bonds. The molecule has 0 fully saturated rings. The van der Waals surface area contributed by atoms with Gasteiger partial charge >= 0.3 is 0 Å². The Morgan fingerprint density at radius 1 is 1.00 bits per heavy atom. The number of anilines is 1. The summed E-state index contributed by atoms with van der Waals surface area (Å²) in [7, 11) is 0. The van der Waals surface area contributed by atoms with Gasteiger partial charge in [0.15, 0.2) is 0 Å². The summed E-state index contributed by atoms with van der Waals surface area (Å²) in [6.07, 6.45) is 0. The molecule has 2 rings (SSSR count). The maximum atomic E-state index is 13.5. The summed E-state index contributed by atoms with van der Waals surface area (Å²) in [5, 5.41) is 2.94. The van der Waals surface area contributed by atoms with E-state index in [4.69, 9.17) is 4.74 Å². The van der Waals surface area contributed by atoms with Gasteiger partial charge in [-0.05, 0) is 50.6 Å². The molecule has 0 spiro atoms. The van der Waals surface area contributed by atoms with Crippen LogP contribution in [0.3, 0.4) is 0 Å². The Bertz CT molecular complexity index is 603. The van der Waals surface area contributed by atoms with Crippen LogP contribution in [0, 0.1) is 11.6 Å². The summed E-state index contributed by atoms with van der Waals surface area (Å²) in [6, 6.07) is 11.1. The second-order valence-electron chi connectivity index (χ2n) is 5.84. The summed E-state index contributed by atoms with van der Waals surface area (Å²) >= 11 is 0. The second kappa shape index (κ2) is 6.12. The zero-order chi connectivity index (χ0) is 15.5. The summed E-state index contributed by atoms with van der Waals surface area (Å²) in [4.78, 5) is 0. The fourth-order valence-corrected chi connectivity index (χ4v) is 1.86. The molecular weight excluding hydrogens is 272 g/mol. The highest BCUT2D eigenvalue weighted by atomic mass is 19.1. The first-order valence-electron chi connectivity index (χ1n) is 6.80. The highest BCUT2D eigenvalue weighted by Crippen LogP contribution is 2.20. The van der Waals surface area contributed by atoms with Crippen molar-refractivity contribution in [3.8, 4) is 5.75 Å². The first-order valence-corrected chi connectivity index (χ1v) is 6.80. The molecule has 0 saturated heterocycles. The highest BCUT2D eigenvalue weighted by Gasteiger charge is 2.11. The van der Waals surface area contributed by atoms with E-state index in [0.717, 1.165) is 17.4 Å². The Morgan fingerprint density at radius 3 is 2.24 bits per heavy atom. The van der Waals surface area contributed by atoms with Gasteiger partial charge in [-0.15, -0.1) is 0 Å². The molecule has 2 aromatic carbocycles. The number of hydrogen-bond acceptors (Lipinski definition) is 2. The van der Waals surface area contributed by atoms with Crippen LogP contribution < -0.4 is 10.1 Å². The largest absolute Gasteiger partial charge is 0.488 e. The summed E-state index contributed by atoms with van der Waals surface area (Å²) in [6.45, 7) is 6.41. The van der Waals surface area contributed by atoms with Crippen molar-refractivity contribution in [1.29, 1.82) is 0 Å². The number of ether oxygens (including phenoxy) is 1. The molecule has 0 atom stereocenters. The molecule has 0 aliphatic heterocycles. The molecule has 112 valence electrons. The Hall–Kier alpha value is -2.10. The monoisotopic (exact) mass is 291 g/mol. The molecule has 0 aliphatic rings. The van der Waals surface area contributed by atoms with Crippen molar-refractivity contribution in [2.45, 2.75) is 32.9 Å². The molecule has 0 unspecified atom stereocenters. The first kappa shape index (κ1) is 15.3. The molecule has 0 heterocycles. The van der Waals surface area contributed by atoms with Crippen molar-refractivity contribution in [3.63, 3.8) is 0 Å². The van der Waals surface area contributed by atoms with Gasteiger partial charge in [0.2, 0.25) is 0 Å². The van der Waals surface area contributed by atoms with Crippen LogP contribution in [0.1, 0.15) is 26.3 Å². The quantitative estimate of drug-likeness (QED) is 0.877.